The van der Waals surface area contributed by atoms with Crippen LogP contribution >= 0.6 is 0 Å². The molecule has 0 aromatic rings. The number of hydrogen-bond acceptors (Lipinski definition) is 2. The quantitative estimate of drug-likeness (QED) is 0.716. The third kappa shape index (κ3) is 2.99. The van der Waals surface area contributed by atoms with E-state index in [1.54, 1.807) is 6.92 Å². The largest absolute Gasteiger partial charge is 0.395 e. The summed E-state index contributed by atoms with van der Waals surface area (Å²) >= 11 is 0. The van der Waals surface area contributed by atoms with E-state index in [0.29, 0.717) is 12.6 Å². The van der Waals surface area contributed by atoms with Gasteiger partial charge < -0.3 is 10.0 Å². The molecule has 1 N–H and O–H groups in total. The van der Waals surface area contributed by atoms with Crippen LogP contribution in [0.1, 0.15) is 39.0 Å². The van der Waals surface area contributed by atoms with Crippen molar-refractivity contribution in [2.75, 3.05) is 13.2 Å². The van der Waals surface area contributed by atoms with Gasteiger partial charge in [0.15, 0.2) is 0 Å². The summed E-state index contributed by atoms with van der Waals surface area (Å²) in [6.07, 6.45) is 5.96. The van der Waals surface area contributed by atoms with Crippen LogP contribution in [0.2, 0.25) is 0 Å². The number of hydrogen-bond donors (Lipinski definition) is 1. The van der Waals surface area contributed by atoms with Gasteiger partial charge in [-0.3, -0.25) is 4.79 Å². The number of amides is 1. The summed E-state index contributed by atoms with van der Waals surface area (Å²) in [7, 11) is 0. The van der Waals surface area contributed by atoms with Gasteiger partial charge in [0.05, 0.1) is 6.61 Å². The Kier molecular flexibility index (Phi) is 4.22. The molecule has 0 aromatic carbocycles. The summed E-state index contributed by atoms with van der Waals surface area (Å²) in [5.41, 5.74) is 0. The second-order valence-electron chi connectivity index (χ2n) is 3.73. The van der Waals surface area contributed by atoms with E-state index in [4.69, 9.17) is 5.11 Å². The molecule has 13 heavy (non-hydrogen) atoms. The van der Waals surface area contributed by atoms with Crippen LogP contribution in [0, 0.1) is 0 Å². The highest BCUT2D eigenvalue weighted by atomic mass is 16.3. The molecule has 0 heterocycles. The zero-order valence-electron chi connectivity index (χ0n) is 8.33. The first-order valence-electron chi connectivity index (χ1n) is 5.13. The Labute approximate surface area is 79.7 Å². The third-order valence-corrected chi connectivity index (χ3v) is 2.76. The minimum absolute atomic E-state index is 0.0794. The molecule has 0 unspecified atom stereocenters. The Morgan fingerprint density at radius 2 is 2.00 bits per heavy atom. The van der Waals surface area contributed by atoms with Crippen LogP contribution in [-0.4, -0.2) is 35.1 Å². The summed E-state index contributed by atoms with van der Waals surface area (Å²) in [5.74, 6) is 0.0981. The zero-order chi connectivity index (χ0) is 9.68. The van der Waals surface area contributed by atoms with Crippen molar-refractivity contribution in [1.82, 2.24) is 4.90 Å². The van der Waals surface area contributed by atoms with Crippen LogP contribution in [0.25, 0.3) is 0 Å². The van der Waals surface area contributed by atoms with Crippen LogP contribution in [0.5, 0.6) is 0 Å². The average Bonchev–Trinajstić information content (AvgIpc) is 2.15. The fraction of sp³-hybridized carbons (Fsp3) is 0.900. The van der Waals surface area contributed by atoms with Gasteiger partial charge >= 0.3 is 0 Å². The van der Waals surface area contributed by atoms with Gasteiger partial charge in [-0.1, -0.05) is 19.3 Å². The van der Waals surface area contributed by atoms with Crippen molar-refractivity contribution in [3.05, 3.63) is 0 Å². The molecule has 1 amide bonds. The lowest BCUT2D eigenvalue weighted by atomic mass is 9.94. The highest BCUT2D eigenvalue weighted by Gasteiger charge is 2.22. The maximum absolute atomic E-state index is 11.2. The fourth-order valence-electron chi connectivity index (χ4n) is 2.10. The van der Waals surface area contributed by atoms with Crippen LogP contribution < -0.4 is 0 Å². The molecule has 1 aliphatic carbocycles. The van der Waals surface area contributed by atoms with E-state index < -0.39 is 0 Å². The van der Waals surface area contributed by atoms with Crippen molar-refractivity contribution in [3.8, 4) is 0 Å². The van der Waals surface area contributed by atoms with Crippen LogP contribution in [0.15, 0.2) is 0 Å². The molecule has 1 rings (SSSR count). The van der Waals surface area contributed by atoms with Gasteiger partial charge in [-0.15, -0.1) is 0 Å². The summed E-state index contributed by atoms with van der Waals surface area (Å²) in [6, 6.07) is 0.387. The van der Waals surface area contributed by atoms with E-state index in [1.807, 2.05) is 4.90 Å². The normalized spacial score (nSPS) is 18.6. The van der Waals surface area contributed by atoms with Crippen molar-refractivity contribution in [3.63, 3.8) is 0 Å². The summed E-state index contributed by atoms with van der Waals surface area (Å²) in [4.78, 5) is 13.1. The molecule has 1 fully saturated rings. The third-order valence-electron chi connectivity index (χ3n) is 2.76. The van der Waals surface area contributed by atoms with Gasteiger partial charge in [0.2, 0.25) is 5.91 Å². The number of rotatable bonds is 3. The highest BCUT2D eigenvalue weighted by Crippen LogP contribution is 2.22. The SMILES string of the molecule is CC(=O)N(CCO)C1CCCCC1. The standard InChI is InChI=1S/C10H19NO2/c1-9(13)11(7-8-12)10-5-3-2-4-6-10/h10,12H,2-8H2,1H3. The van der Waals surface area contributed by atoms with E-state index in [9.17, 15) is 4.79 Å². The predicted octanol–water partition coefficient (Wildman–Crippen LogP) is 1.16. The van der Waals surface area contributed by atoms with Crippen LogP contribution in [0.3, 0.4) is 0 Å². The lowest BCUT2D eigenvalue weighted by Crippen LogP contribution is -2.41. The average molecular weight is 185 g/mol. The maximum Gasteiger partial charge on any atom is 0.219 e. The fourth-order valence-corrected chi connectivity index (χ4v) is 2.10. The van der Waals surface area contributed by atoms with Gasteiger partial charge in [-0.25, -0.2) is 0 Å². The second-order valence-corrected chi connectivity index (χ2v) is 3.73. The maximum atomic E-state index is 11.2. The molecule has 1 aliphatic rings. The van der Waals surface area contributed by atoms with Gasteiger partial charge in [0, 0.05) is 19.5 Å². The van der Waals surface area contributed by atoms with E-state index in [0.717, 1.165) is 12.8 Å². The van der Waals surface area contributed by atoms with Crippen molar-refractivity contribution >= 4 is 5.91 Å². The first-order chi connectivity index (χ1) is 6.25. The molecule has 0 radical (unpaired) electrons. The summed E-state index contributed by atoms with van der Waals surface area (Å²) in [5, 5.41) is 8.82. The molecular formula is C10H19NO2. The van der Waals surface area contributed by atoms with Gasteiger partial charge in [0.25, 0.3) is 0 Å². The van der Waals surface area contributed by atoms with E-state index >= 15 is 0 Å². The number of aliphatic hydroxyl groups is 1. The molecule has 0 atom stereocenters. The molecule has 0 saturated heterocycles. The molecular weight excluding hydrogens is 166 g/mol. The Balaban J connectivity index is 2.46. The van der Waals surface area contributed by atoms with Crippen LogP contribution in [0.4, 0.5) is 0 Å². The zero-order valence-corrected chi connectivity index (χ0v) is 8.33. The molecule has 0 bridgehead atoms. The Bertz CT molecular complexity index is 164. The van der Waals surface area contributed by atoms with E-state index in [2.05, 4.69) is 0 Å². The molecule has 0 spiro atoms. The Hall–Kier alpha value is -0.570. The number of carbonyl (C=O) groups is 1. The molecule has 0 aliphatic heterocycles. The van der Waals surface area contributed by atoms with Crippen LogP contribution in [-0.2, 0) is 4.79 Å². The number of aliphatic hydroxyl groups excluding tert-OH is 1. The lowest BCUT2D eigenvalue weighted by molar-refractivity contribution is -0.132. The highest BCUT2D eigenvalue weighted by molar-refractivity contribution is 5.73. The summed E-state index contributed by atoms with van der Waals surface area (Å²) < 4.78 is 0. The lowest BCUT2D eigenvalue weighted by Gasteiger charge is -2.33. The first-order valence-corrected chi connectivity index (χ1v) is 5.13. The first kappa shape index (κ1) is 10.5. The van der Waals surface area contributed by atoms with Crippen molar-refractivity contribution < 1.29 is 9.90 Å². The summed E-state index contributed by atoms with van der Waals surface area (Å²) in [6.45, 7) is 2.17. The molecule has 0 aromatic heterocycles. The topological polar surface area (TPSA) is 40.5 Å². The molecule has 3 heteroatoms. The van der Waals surface area contributed by atoms with Crippen molar-refractivity contribution in [1.29, 1.82) is 0 Å². The molecule has 1 saturated carbocycles. The minimum Gasteiger partial charge on any atom is -0.395 e. The monoisotopic (exact) mass is 185 g/mol. The minimum atomic E-state index is 0.0794. The van der Waals surface area contributed by atoms with Crippen molar-refractivity contribution in [2.24, 2.45) is 0 Å². The van der Waals surface area contributed by atoms with Gasteiger partial charge in [-0.2, -0.15) is 0 Å². The van der Waals surface area contributed by atoms with Gasteiger partial charge in [0.1, 0.15) is 0 Å². The van der Waals surface area contributed by atoms with E-state index in [1.165, 1.54) is 19.3 Å². The smallest absolute Gasteiger partial charge is 0.219 e. The number of carbonyl (C=O) groups excluding carboxylic acids is 1. The Morgan fingerprint density at radius 1 is 1.38 bits per heavy atom. The van der Waals surface area contributed by atoms with Gasteiger partial charge in [-0.05, 0) is 12.8 Å². The van der Waals surface area contributed by atoms with Crippen molar-refractivity contribution in [2.45, 2.75) is 45.1 Å². The van der Waals surface area contributed by atoms with E-state index in [-0.39, 0.29) is 12.5 Å². The molecule has 76 valence electrons. The predicted molar refractivity (Wildman–Crippen MR) is 51.3 cm³/mol. The Morgan fingerprint density at radius 3 is 2.46 bits per heavy atom. The molecule has 3 nitrogen and oxygen atoms in total. The second kappa shape index (κ2) is 5.22. The number of nitrogens with zero attached hydrogens (tertiary/aromatic N) is 1.